The topological polar surface area (TPSA) is 29.3 Å². The Balaban J connectivity index is 1.96. The number of nitrogens with two attached hydrogens (primary N) is 1. The van der Waals surface area contributed by atoms with Crippen molar-refractivity contribution in [3.8, 4) is 0 Å². The molecule has 1 saturated heterocycles. The maximum Gasteiger partial charge on any atom is 0.0931 e. The minimum absolute atomic E-state index is 0.580. The molecule has 4 heteroatoms. The largest absolute Gasteiger partial charge is 0.329 e. The van der Waals surface area contributed by atoms with Gasteiger partial charge in [0, 0.05) is 24.0 Å². The van der Waals surface area contributed by atoms with Crippen LogP contribution in [0.1, 0.15) is 17.7 Å². The van der Waals surface area contributed by atoms with E-state index in [0.717, 1.165) is 17.4 Å². The Morgan fingerprint density at radius 1 is 1.57 bits per heavy atom. The van der Waals surface area contributed by atoms with E-state index in [-0.39, 0.29) is 0 Å². The molecular formula is C10H15ClN2S. The average Bonchev–Trinajstić information content (AvgIpc) is 2.76. The molecule has 2 rings (SSSR count). The molecule has 0 aliphatic carbocycles. The molecule has 0 aromatic carbocycles. The number of thiophene rings is 1. The normalized spacial score (nSPS) is 23.1. The van der Waals surface area contributed by atoms with Gasteiger partial charge in [0.2, 0.25) is 0 Å². The highest BCUT2D eigenvalue weighted by Gasteiger charge is 2.23. The van der Waals surface area contributed by atoms with Crippen LogP contribution in [0, 0.1) is 0 Å². The van der Waals surface area contributed by atoms with Gasteiger partial charge in [-0.3, -0.25) is 4.90 Å². The molecule has 1 fully saturated rings. The molecule has 0 saturated carbocycles. The fraction of sp³-hybridized carbons (Fsp3) is 0.600. The first-order chi connectivity index (χ1) is 6.79. The number of hydrogen-bond donors (Lipinski definition) is 1. The van der Waals surface area contributed by atoms with E-state index < -0.39 is 0 Å². The van der Waals surface area contributed by atoms with E-state index in [1.165, 1.54) is 24.3 Å². The van der Waals surface area contributed by atoms with Crippen LogP contribution in [0.25, 0.3) is 0 Å². The summed E-state index contributed by atoms with van der Waals surface area (Å²) in [4.78, 5) is 3.80. The van der Waals surface area contributed by atoms with Crippen LogP contribution in [0.15, 0.2) is 12.1 Å². The van der Waals surface area contributed by atoms with Crippen LogP contribution in [-0.2, 0) is 6.54 Å². The third kappa shape index (κ3) is 2.28. The molecule has 78 valence electrons. The van der Waals surface area contributed by atoms with Crippen molar-refractivity contribution in [2.75, 3.05) is 13.1 Å². The van der Waals surface area contributed by atoms with Gasteiger partial charge in [0.1, 0.15) is 0 Å². The monoisotopic (exact) mass is 230 g/mol. The molecule has 0 unspecified atom stereocenters. The predicted molar refractivity (Wildman–Crippen MR) is 61.8 cm³/mol. The van der Waals surface area contributed by atoms with Crippen molar-refractivity contribution in [2.24, 2.45) is 5.73 Å². The Bertz CT molecular complexity index is 300. The Labute approximate surface area is 93.7 Å². The predicted octanol–water partition coefficient (Wildman–Crippen LogP) is 2.32. The van der Waals surface area contributed by atoms with Crippen LogP contribution in [0.4, 0.5) is 0 Å². The molecule has 2 nitrogen and oxygen atoms in total. The van der Waals surface area contributed by atoms with Crippen LogP contribution in [-0.4, -0.2) is 24.0 Å². The lowest BCUT2D eigenvalue weighted by molar-refractivity contribution is 0.252. The highest BCUT2D eigenvalue weighted by molar-refractivity contribution is 7.16. The molecule has 1 aliphatic rings. The van der Waals surface area contributed by atoms with Crippen molar-refractivity contribution in [3.63, 3.8) is 0 Å². The Morgan fingerprint density at radius 3 is 3.07 bits per heavy atom. The lowest BCUT2D eigenvalue weighted by Crippen LogP contribution is -2.34. The van der Waals surface area contributed by atoms with Gasteiger partial charge in [0.05, 0.1) is 4.34 Å². The maximum absolute atomic E-state index is 5.89. The van der Waals surface area contributed by atoms with Gasteiger partial charge >= 0.3 is 0 Å². The Hall–Kier alpha value is -0.0900. The third-order valence-electron chi connectivity index (χ3n) is 2.76. The number of rotatable bonds is 3. The molecule has 1 aromatic heterocycles. The van der Waals surface area contributed by atoms with Gasteiger partial charge in [-0.15, -0.1) is 11.3 Å². The lowest BCUT2D eigenvalue weighted by atomic mass is 10.2. The van der Waals surface area contributed by atoms with Gasteiger partial charge in [-0.25, -0.2) is 0 Å². The van der Waals surface area contributed by atoms with Crippen LogP contribution in [0.3, 0.4) is 0 Å². The first-order valence-electron chi connectivity index (χ1n) is 4.98. The van der Waals surface area contributed by atoms with E-state index in [1.807, 2.05) is 6.07 Å². The molecule has 0 spiro atoms. The van der Waals surface area contributed by atoms with Crippen molar-refractivity contribution in [3.05, 3.63) is 21.3 Å². The van der Waals surface area contributed by atoms with Gasteiger partial charge in [-0.2, -0.15) is 0 Å². The lowest BCUT2D eigenvalue weighted by Gasteiger charge is -2.22. The molecule has 2 N–H and O–H groups in total. The minimum Gasteiger partial charge on any atom is -0.329 e. The van der Waals surface area contributed by atoms with Gasteiger partial charge in [-0.05, 0) is 31.5 Å². The first kappa shape index (κ1) is 10.4. The summed E-state index contributed by atoms with van der Waals surface area (Å²) in [6, 6.07) is 4.66. The molecule has 0 bridgehead atoms. The fourth-order valence-electron chi connectivity index (χ4n) is 2.01. The SMILES string of the molecule is NC[C@H]1CCCN1Cc1ccc(Cl)s1. The summed E-state index contributed by atoms with van der Waals surface area (Å²) >= 11 is 7.56. The summed E-state index contributed by atoms with van der Waals surface area (Å²) < 4.78 is 0.878. The van der Waals surface area contributed by atoms with E-state index in [2.05, 4.69) is 11.0 Å². The van der Waals surface area contributed by atoms with Crippen molar-refractivity contribution >= 4 is 22.9 Å². The van der Waals surface area contributed by atoms with E-state index >= 15 is 0 Å². The molecule has 14 heavy (non-hydrogen) atoms. The van der Waals surface area contributed by atoms with Crippen molar-refractivity contribution in [2.45, 2.75) is 25.4 Å². The van der Waals surface area contributed by atoms with E-state index in [9.17, 15) is 0 Å². The summed E-state index contributed by atoms with van der Waals surface area (Å²) in [5, 5.41) is 0. The highest BCUT2D eigenvalue weighted by atomic mass is 35.5. The van der Waals surface area contributed by atoms with Crippen LogP contribution in [0.2, 0.25) is 4.34 Å². The maximum atomic E-state index is 5.89. The van der Waals surface area contributed by atoms with Crippen molar-refractivity contribution in [1.29, 1.82) is 0 Å². The van der Waals surface area contributed by atoms with Crippen molar-refractivity contribution < 1.29 is 0 Å². The third-order valence-corrected chi connectivity index (χ3v) is 3.97. The second-order valence-corrected chi connectivity index (χ2v) is 5.51. The van der Waals surface area contributed by atoms with Gasteiger partial charge < -0.3 is 5.73 Å². The average molecular weight is 231 g/mol. The highest BCUT2D eigenvalue weighted by Crippen LogP contribution is 2.25. The molecular weight excluding hydrogens is 216 g/mol. The number of nitrogens with zero attached hydrogens (tertiary/aromatic N) is 1. The van der Waals surface area contributed by atoms with E-state index in [0.29, 0.717) is 6.04 Å². The number of likely N-dealkylation sites (tertiary alicyclic amines) is 1. The summed E-state index contributed by atoms with van der Waals surface area (Å²) in [6.07, 6.45) is 2.52. The van der Waals surface area contributed by atoms with Gasteiger partial charge in [0.15, 0.2) is 0 Å². The molecule has 1 atom stereocenters. The fourth-order valence-corrected chi connectivity index (χ4v) is 3.12. The zero-order valence-electron chi connectivity index (χ0n) is 8.08. The second-order valence-electron chi connectivity index (χ2n) is 3.71. The smallest absolute Gasteiger partial charge is 0.0931 e. The number of halogens is 1. The second kappa shape index (κ2) is 4.62. The molecule has 1 aliphatic heterocycles. The van der Waals surface area contributed by atoms with Crippen LogP contribution < -0.4 is 5.73 Å². The molecule has 1 aromatic rings. The quantitative estimate of drug-likeness (QED) is 0.864. The van der Waals surface area contributed by atoms with Crippen LogP contribution >= 0.6 is 22.9 Å². The van der Waals surface area contributed by atoms with Crippen LogP contribution in [0.5, 0.6) is 0 Å². The molecule has 0 amide bonds. The van der Waals surface area contributed by atoms with Gasteiger partial charge in [0.25, 0.3) is 0 Å². The number of hydrogen-bond acceptors (Lipinski definition) is 3. The standard InChI is InChI=1S/C10H15ClN2S/c11-10-4-3-9(14-10)7-13-5-1-2-8(13)6-12/h3-4,8H,1-2,5-7,12H2/t8-/m1/s1. The molecule has 2 heterocycles. The van der Waals surface area contributed by atoms with Gasteiger partial charge in [-0.1, -0.05) is 11.6 Å². The summed E-state index contributed by atoms with van der Waals surface area (Å²) in [6.45, 7) is 2.97. The van der Waals surface area contributed by atoms with E-state index in [1.54, 1.807) is 11.3 Å². The van der Waals surface area contributed by atoms with Crippen molar-refractivity contribution in [1.82, 2.24) is 4.90 Å². The first-order valence-corrected chi connectivity index (χ1v) is 6.17. The van der Waals surface area contributed by atoms with E-state index in [4.69, 9.17) is 17.3 Å². The zero-order chi connectivity index (χ0) is 9.97. The minimum atomic E-state index is 0.580. The Kier molecular flexibility index (Phi) is 3.44. The zero-order valence-corrected chi connectivity index (χ0v) is 9.65. The summed E-state index contributed by atoms with van der Waals surface area (Å²) in [5.41, 5.74) is 5.72. The summed E-state index contributed by atoms with van der Waals surface area (Å²) in [5.74, 6) is 0. The molecule has 0 radical (unpaired) electrons. The Morgan fingerprint density at radius 2 is 2.43 bits per heavy atom. The summed E-state index contributed by atoms with van der Waals surface area (Å²) in [7, 11) is 0.